The summed E-state index contributed by atoms with van der Waals surface area (Å²) in [5.41, 5.74) is -5.53. The van der Waals surface area contributed by atoms with Crippen LogP contribution in [-0.4, -0.2) is 98.2 Å². The number of hydrogen-bond acceptors (Lipinski definition) is 11. The number of benzene rings is 1. The summed E-state index contributed by atoms with van der Waals surface area (Å²) in [6.45, 7) is 2.08. The van der Waals surface area contributed by atoms with Crippen LogP contribution < -0.4 is 0 Å². The first-order valence-corrected chi connectivity index (χ1v) is 11.6. The number of ether oxygens (including phenoxy) is 4. The molecule has 6 rings (SSSR count). The predicted octanol–water partition coefficient (Wildman–Crippen LogP) is -1.12. The second kappa shape index (κ2) is 7.94. The molecule has 35 heavy (non-hydrogen) atoms. The second-order valence-corrected chi connectivity index (χ2v) is 10.5. The lowest BCUT2D eigenvalue weighted by Crippen LogP contribution is -2.82. The Bertz CT molecular complexity index is 1010. The van der Waals surface area contributed by atoms with Crippen LogP contribution in [0.4, 0.5) is 0 Å². The Morgan fingerprint density at radius 3 is 2.46 bits per heavy atom. The number of carbonyl (C=O) groups is 2. The molecule has 11 nitrogen and oxygen atoms in total. The Labute approximate surface area is 201 Å². The number of aliphatic hydroxyl groups is 5. The number of hydrogen-bond donors (Lipinski definition) is 5. The van der Waals surface area contributed by atoms with Gasteiger partial charge in [-0.1, -0.05) is 18.2 Å². The molecule has 5 N–H and O–H groups in total. The molecule has 3 unspecified atom stereocenters. The Balaban J connectivity index is 1.49. The number of aliphatic hydroxyl groups excluding tert-OH is 4. The fourth-order valence-electron chi connectivity index (χ4n) is 6.66. The highest BCUT2D eigenvalue weighted by atomic mass is 16.7. The van der Waals surface area contributed by atoms with Gasteiger partial charge < -0.3 is 44.5 Å². The highest BCUT2D eigenvalue weighted by molar-refractivity contribution is 5.90. The van der Waals surface area contributed by atoms with E-state index in [0.717, 1.165) is 0 Å². The summed E-state index contributed by atoms with van der Waals surface area (Å²) in [5.74, 6) is -2.07. The molecule has 0 radical (unpaired) electrons. The van der Waals surface area contributed by atoms with Crippen molar-refractivity contribution in [3.05, 3.63) is 35.9 Å². The third-order valence-electron chi connectivity index (χ3n) is 8.40. The van der Waals surface area contributed by atoms with E-state index in [0.29, 0.717) is 0 Å². The molecule has 10 atom stereocenters. The Kier molecular flexibility index (Phi) is 5.57. The van der Waals surface area contributed by atoms with Crippen LogP contribution in [0.2, 0.25) is 0 Å². The van der Waals surface area contributed by atoms with Gasteiger partial charge in [0.2, 0.25) is 0 Å². The van der Waals surface area contributed by atoms with E-state index in [2.05, 4.69) is 0 Å². The van der Waals surface area contributed by atoms with Crippen molar-refractivity contribution in [3.8, 4) is 0 Å². The smallest absolute Gasteiger partial charge is 0.338 e. The summed E-state index contributed by atoms with van der Waals surface area (Å²) < 4.78 is 23.1. The lowest BCUT2D eigenvalue weighted by molar-refractivity contribution is -0.403. The van der Waals surface area contributed by atoms with Gasteiger partial charge in [0, 0.05) is 12.3 Å². The van der Waals surface area contributed by atoms with Crippen LogP contribution in [0.3, 0.4) is 0 Å². The summed E-state index contributed by atoms with van der Waals surface area (Å²) in [5, 5.41) is 51.7. The van der Waals surface area contributed by atoms with Crippen molar-refractivity contribution in [2.24, 2.45) is 11.3 Å². The van der Waals surface area contributed by atoms with Gasteiger partial charge in [-0.3, -0.25) is 4.79 Å². The molecule has 0 amide bonds. The molecule has 11 heteroatoms. The van der Waals surface area contributed by atoms with Crippen LogP contribution in [-0.2, 0) is 23.7 Å². The fraction of sp³-hybridized carbons (Fsp3) is 0.667. The number of rotatable bonds is 6. The Morgan fingerprint density at radius 2 is 1.80 bits per heavy atom. The van der Waals surface area contributed by atoms with E-state index in [4.69, 9.17) is 18.9 Å². The summed E-state index contributed by atoms with van der Waals surface area (Å²) in [6, 6.07) is 8.21. The van der Waals surface area contributed by atoms with Gasteiger partial charge in [0.05, 0.1) is 17.8 Å². The minimum Gasteiger partial charge on any atom is -0.461 e. The summed E-state index contributed by atoms with van der Waals surface area (Å²) in [6.07, 6.45) is -7.58. The maximum atomic E-state index is 13.4. The first-order valence-electron chi connectivity index (χ1n) is 11.6. The van der Waals surface area contributed by atoms with Crippen molar-refractivity contribution in [3.63, 3.8) is 0 Å². The van der Waals surface area contributed by atoms with Gasteiger partial charge in [0.25, 0.3) is 0 Å². The minimum atomic E-state index is -1.70. The lowest BCUT2D eigenvalue weighted by Gasteiger charge is -2.69. The number of carbonyl (C=O) groups excluding carboxylic acids is 2. The van der Waals surface area contributed by atoms with Crippen molar-refractivity contribution in [2.45, 2.75) is 74.2 Å². The van der Waals surface area contributed by atoms with Gasteiger partial charge in [-0.25, -0.2) is 4.79 Å². The van der Waals surface area contributed by atoms with Crippen LogP contribution in [0.1, 0.15) is 37.0 Å². The first-order chi connectivity index (χ1) is 16.4. The van der Waals surface area contributed by atoms with E-state index in [1.54, 1.807) is 44.2 Å². The summed E-state index contributed by atoms with van der Waals surface area (Å²) in [4.78, 5) is 26.1. The SMILES string of the molecule is C[C@@]1(O)C[C@]2(C)OC(=O)C3(COC(=O)c4ccccc4)[C@H]1C[C@@]32O[C@@H]1OC(CO)[C@@H](O)[C@@H](O)C1O. The molecule has 2 saturated heterocycles. The molecule has 5 aliphatic rings. The van der Waals surface area contributed by atoms with Crippen molar-refractivity contribution < 1.29 is 54.1 Å². The van der Waals surface area contributed by atoms with Gasteiger partial charge in [0.15, 0.2) is 6.29 Å². The van der Waals surface area contributed by atoms with Crippen LogP contribution in [0.25, 0.3) is 0 Å². The van der Waals surface area contributed by atoms with E-state index in [1.807, 2.05) is 0 Å². The molecule has 2 heterocycles. The average Bonchev–Trinajstić information content (AvgIpc) is 2.88. The molecule has 3 saturated carbocycles. The third-order valence-corrected chi connectivity index (χ3v) is 8.40. The van der Waals surface area contributed by atoms with Crippen LogP contribution >= 0.6 is 0 Å². The summed E-state index contributed by atoms with van der Waals surface area (Å²) in [7, 11) is 0. The largest absolute Gasteiger partial charge is 0.461 e. The average molecular weight is 494 g/mol. The van der Waals surface area contributed by atoms with Gasteiger partial charge >= 0.3 is 11.9 Å². The fourth-order valence-corrected chi connectivity index (χ4v) is 6.66. The van der Waals surface area contributed by atoms with Crippen molar-refractivity contribution >= 4 is 11.9 Å². The molecule has 1 aromatic rings. The van der Waals surface area contributed by atoms with Gasteiger partial charge in [-0.05, 0) is 32.4 Å². The van der Waals surface area contributed by atoms with E-state index < -0.39 is 84.0 Å². The monoisotopic (exact) mass is 494 g/mol. The highest BCUT2D eigenvalue weighted by Gasteiger charge is 2.90. The van der Waals surface area contributed by atoms with E-state index in [1.165, 1.54) is 0 Å². The zero-order chi connectivity index (χ0) is 25.4. The Morgan fingerprint density at radius 1 is 1.11 bits per heavy atom. The molecule has 3 aliphatic carbocycles. The molecular weight excluding hydrogens is 464 g/mol. The first kappa shape index (κ1) is 24.6. The highest BCUT2D eigenvalue weighted by Crippen LogP contribution is 2.75. The quantitative estimate of drug-likeness (QED) is 0.303. The molecule has 1 aromatic carbocycles. The second-order valence-electron chi connectivity index (χ2n) is 10.5. The zero-order valence-electron chi connectivity index (χ0n) is 19.4. The molecule has 0 aromatic heterocycles. The van der Waals surface area contributed by atoms with Crippen LogP contribution in [0, 0.1) is 11.3 Å². The predicted molar refractivity (Wildman–Crippen MR) is 115 cm³/mol. The molecule has 2 aliphatic heterocycles. The van der Waals surface area contributed by atoms with Gasteiger partial charge in [-0.2, -0.15) is 0 Å². The third kappa shape index (κ3) is 3.16. The number of fused-ring (bicyclic) bond motifs is 1. The molecule has 192 valence electrons. The van der Waals surface area contributed by atoms with Crippen LogP contribution in [0.15, 0.2) is 30.3 Å². The topological polar surface area (TPSA) is 172 Å². The van der Waals surface area contributed by atoms with E-state index >= 15 is 0 Å². The molecular formula is C24H30O11. The Hall–Kier alpha value is -2.12. The zero-order valence-corrected chi connectivity index (χ0v) is 19.4. The minimum absolute atomic E-state index is 0.0161. The maximum Gasteiger partial charge on any atom is 0.338 e. The van der Waals surface area contributed by atoms with E-state index in [-0.39, 0.29) is 18.4 Å². The van der Waals surface area contributed by atoms with Crippen molar-refractivity contribution in [1.82, 2.24) is 0 Å². The van der Waals surface area contributed by atoms with E-state index in [9.17, 15) is 35.1 Å². The standard InChI is InChI=1S/C24H30O11/c1-21(31)10-22(2)24(34-19-17(28)16(27)15(26)13(9-25)33-19)8-14(21)23(24,20(30)35-22)11-32-18(29)12-6-4-3-5-7-12/h3-7,13-17,19,25-28,31H,8-11H2,1-2H3/t13?,14-,15+,16+,17?,19-,21+,22-,23?,24-/m0/s1. The molecule has 4 bridgehead atoms. The number of esters is 2. The van der Waals surface area contributed by atoms with Gasteiger partial charge in [0.1, 0.15) is 47.6 Å². The lowest BCUT2D eigenvalue weighted by atomic mass is 9.38. The van der Waals surface area contributed by atoms with Crippen molar-refractivity contribution in [1.29, 1.82) is 0 Å². The van der Waals surface area contributed by atoms with Crippen molar-refractivity contribution in [2.75, 3.05) is 13.2 Å². The normalized spacial score (nSPS) is 48.1. The molecule has 0 spiro atoms. The molecule has 5 fully saturated rings. The summed E-state index contributed by atoms with van der Waals surface area (Å²) >= 11 is 0. The van der Waals surface area contributed by atoms with Gasteiger partial charge in [-0.15, -0.1) is 0 Å². The van der Waals surface area contributed by atoms with Crippen LogP contribution in [0.5, 0.6) is 0 Å². The maximum absolute atomic E-state index is 13.4.